The molecular formula is C19H25N5O2S. The Morgan fingerprint density at radius 2 is 2.11 bits per heavy atom. The molecule has 8 heteroatoms. The lowest BCUT2D eigenvalue weighted by Crippen LogP contribution is -2.36. The lowest BCUT2D eigenvalue weighted by Gasteiger charge is -2.32. The fourth-order valence-electron chi connectivity index (χ4n) is 4.17. The molecule has 2 N–H and O–H groups in total. The maximum atomic E-state index is 12.5. The van der Waals surface area contributed by atoms with Gasteiger partial charge in [0.05, 0.1) is 28.6 Å². The number of aliphatic hydroxyl groups excluding tert-OH is 1. The third kappa shape index (κ3) is 3.18. The van der Waals surface area contributed by atoms with Crippen LogP contribution < -0.4 is 10.2 Å². The Bertz CT molecular complexity index is 841. The van der Waals surface area contributed by atoms with Crippen LogP contribution in [-0.4, -0.2) is 56.5 Å². The van der Waals surface area contributed by atoms with E-state index in [9.17, 15) is 9.32 Å². The predicted molar refractivity (Wildman–Crippen MR) is 106 cm³/mol. The maximum absolute atomic E-state index is 12.5. The van der Waals surface area contributed by atoms with E-state index in [-0.39, 0.29) is 12.1 Å². The molecule has 0 spiro atoms. The number of hydrogen-bond donors (Lipinski definition) is 2. The van der Waals surface area contributed by atoms with E-state index in [1.165, 1.54) is 5.70 Å². The van der Waals surface area contributed by atoms with E-state index in [1.54, 1.807) is 0 Å². The summed E-state index contributed by atoms with van der Waals surface area (Å²) in [7, 11) is -1.05. The van der Waals surface area contributed by atoms with Gasteiger partial charge < -0.3 is 15.3 Å². The molecule has 7 nitrogen and oxygen atoms in total. The number of allylic oxidation sites excluding steroid dienone is 2. The highest BCUT2D eigenvalue weighted by atomic mass is 32.2. The number of nitrogens with one attached hydrogen (secondary N) is 1. The number of aromatic nitrogens is 2. The van der Waals surface area contributed by atoms with Crippen LogP contribution in [0.5, 0.6) is 0 Å². The lowest BCUT2D eigenvalue weighted by atomic mass is 9.94. The van der Waals surface area contributed by atoms with Crippen LogP contribution in [0.1, 0.15) is 37.8 Å². The zero-order chi connectivity index (χ0) is 18.4. The van der Waals surface area contributed by atoms with Crippen molar-refractivity contribution in [2.75, 3.05) is 35.7 Å². The molecule has 1 saturated heterocycles. The van der Waals surface area contributed by atoms with E-state index < -0.39 is 10.8 Å². The van der Waals surface area contributed by atoms with Gasteiger partial charge in [-0.15, -0.1) is 0 Å². The van der Waals surface area contributed by atoms with Crippen molar-refractivity contribution in [1.29, 1.82) is 0 Å². The second-order valence-electron chi connectivity index (χ2n) is 7.95. The predicted octanol–water partition coefficient (Wildman–Crippen LogP) is 1.65. The maximum Gasteiger partial charge on any atom is 0.227 e. The lowest BCUT2D eigenvalue weighted by molar-refractivity contribution is 0.265. The fourth-order valence-corrected chi connectivity index (χ4v) is 5.47. The number of piperidine rings is 1. The molecule has 3 aliphatic heterocycles. The molecule has 1 unspecified atom stereocenters. The van der Waals surface area contributed by atoms with Crippen molar-refractivity contribution < 1.29 is 9.32 Å². The highest BCUT2D eigenvalue weighted by Crippen LogP contribution is 2.41. The molecule has 0 radical (unpaired) electrons. The van der Waals surface area contributed by atoms with Crippen molar-refractivity contribution in [2.45, 2.75) is 49.0 Å². The Labute approximate surface area is 161 Å². The van der Waals surface area contributed by atoms with E-state index in [4.69, 9.17) is 9.97 Å². The van der Waals surface area contributed by atoms with Gasteiger partial charge in [-0.05, 0) is 25.7 Å². The van der Waals surface area contributed by atoms with Crippen molar-refractivity contribution in [1.82, 2.24) is 9.97 Å². The van der Waals surface area contributed by atoms with Crippen LogP contribution in [0.4, 0.5) is 11.8 Å². The van der Waals surface area contributed by atoms with Crippen LogP contribution in [0.25, 0.3) is 0 Å². The van der Waals surface area contributed by atoms with Gasteiger partial charge in [0.2, 0.25) is 5.95 Å². The van der Waals surface area contributed by atoms with E-state index in [0.717, 1.165) is 68.2 Å². The molecule has 1 aromatic rings. The smallest absolute Gasteiger partial charge is 0.227 e. The summed E-state index contributed by atoms with van der Waals surface area (Å²) in [6.45, 7) is 1.89. The zero-order valence-corrected chi connectivity index (χ0v) is 16.2. The number of aliphatic imine (C=N–C) groups is 1. The third-order valence-electron chi connectivity index (χ3n) is 6.08. The number of fused-ring (bicyclic) bond motifs is 1. The molecule has 1 atom stereocenters. The minimum atomic E-state index is -1.05. The number of aryl methyl sites for hydroxylation is 1. The average Bonchev–Trinajstić information content (AvgIpc) is 3.08. The van der Waals surface area contributed by atoms with Gasteiger partial charge in [0.1, 0.15) is 10.7 Å². The molecule has 0 aromatic carbocycles. The van der Waals surface area contributed by atoms with E-state index in [2.05, 4.69) is 21.3 Å². The summed E-state index contributed by atoms with van der Waals surface area (Å²) >= 11 is 0. The number of hydrogen-bond acceptors (Lipinski definition) is 7. The number of aliphatic hydroxyl groups is 1. The second kappa shape index (κ2) is 6.67. The Morgan fingerprint density at radius 3 is 2.78 bits per heavy atom. The Morgan fingerprint density at radius 1 is 1.30 bits per heavy atom. The summed E-state index contributed by atoms with van der Waals surface area (Å²) in [6.07, 6.45) is 9.86. The molecule has 1 aromatic heterocycles. The number of anilines is 2. The summed E-state index contributed by atoms with van der Waals surface area (Å²) in [5.41, 5.74) is 1.85. The molecule has 2 fully saturated rings. The minimum absolute atomic E-state index is 0.0781. The van der Waals surface area contributed by atoms with Crippen LogP contribution in [0.15, 0.2) is 21.7 Å². The molecule has 0 bridgehead atoms. The van der Waals surface area contributed by atoms with Crippen LogP contribution in [0.3, 0.4) is 0 Å². The standard InChI is InChI=1S/C19H25N5O2S/c25-12-19(6-7-19)23-17-16-15(5-11-27(16)26)21-18(22-17)24-9-3-13(4-10-24)14-2-1-8-20-14/h2,8,13,25H,1,3-7,9-12H2,(H,21,22,23). The normalized spacial score (nSPS) is 26.2. The number of nitrogens with zero attached hydrogens (tertiary/aromatic N) is 4. The Kier molecular flexibility index (Phi) is 4.27. The first-order chi connectivity index (χ1) is 13.2. The van der Waals surface area contributed by atoms with Gasteiger partial charge in [-0.2, -0.15) is 4.98 Å². The Balaban J connectivity index is 1.38. The fraction of sp³-hybridized carbons (Fsp3) is 0.632. The molecule has 4 heterocycles. The summed E-state index contributed by atoms with van der Waals surface area (Å²) < 4.78 is 12.5. The first kappa shape index (κ1) is 17.3. The zero-order valence-electron chi connectivity index (χ0n) is 15.4. The van der Waals surface area contributed by atoms with E-state index >= 15 is 0 Å². The highest BCUT2D eigenvalue weighted by Gasteiger charge is 2.44. The summed E-state index contributed by atoms with van der Waals surface area (Å²) in [4.78, 5) is 17.0. The molecule has 5 rings (SSSR count). The highest BCUT2D eigenvalue weighted by molar-refractivity contribution is 7.85. The van der Waals surface area contributed by atoms with E-state index in [1.807, 2.05) is 6.21 Å². The van der Waals surface area contributed by atoms with Gasteiger partial charge >= 0.3 is 0 Å². The van der Waals surface area contributed by atoms with Crippen molar-refractivity contribution in [3.8, 4) is 0 Å². The van der Waals surface area contributed by atoms with Crippen molar-refractivity contribution in [2.24, 2.45) is 10.9 Å². The number of rotatable bonds is 5. The van der Waals surface area contributed by atoms with E-state index in [0.29, 0.717) is 17.5 Å². The molecule has 1 aliphatic carbocycles. The van der Waals surface area contributed by atoms with Crippen LogP contribution in [0, 0.1) is 5.92 Å². The quantitative estimate of drug-likeness (QED) is 0.798. The monoisotopic (exact) mass is 387 g/mol. The molecule has 27 heavy (non-hydrogen) atoms. The topological polar surface area (TPSA) is 90.7 Å². The second-order valence-corrected chi connectivity index (χ2v) is 9.46. The molecule has 0 amide bonds. The van der Waals surface area contributed by atoms with Crippen molar-refractivity contribution in [3.05, 3.63) is 17.5 Å². The van der Waals surface area contributed by atoms with Gasteiger partial charge in [-0.3, -0.25) is 9.20 Å². The average molecular weight is 388 g/mol. The van der Waals surface area contributed by atoms with Crippen molar-refractivity contribution >= 4 is 28.8 Å². The molecular weight excluding hydrogens is 362 g/mol. The van der Waals surface area contributed by atoms with Gasteiger partial charge in [0.25, 0.3) is 0 Å². The van der Waals surface area contributed by atoms with Crippen LogP contribution in [0.2, 0.25) is 0 Å². The SMILES string of the molecule is O=S1CCc2nc(N3CCC(C4=CCC=N4)CC3)nc(NC3(CO)CC3)c21. The van der Waals surface area contributed by atoms with Crippen molar-refractivity contribution in [3.63, 3.8) is 0 Å². The third-order valence-corrected chi connectivity index (χ3v) is 7.54. The first-order valence-electron chi connectivity index (χ1n) is 9.83. The van der Waals surface area contributed by atoms with Gasteiger partial charge in [0.15, 0.2) is 0 Å². The summed E-state index contributed by atoms with van der Waals surface area (Å²) in [6, 6.07) is 0. The molecule has 1 saturated carbocycles. The van der Waals surface area contributed by atoms with Crippen LogP contribution >= 0.6 is 0 Å². The Hall–Kier alpha value is -1.80. The summed E-state index contributed by atoms with van der Waals surface area (Å²) in [5.74, 6) is 2.54. The van der Waals surface area contributed by atoms with Gasteiger partial charge in [-0.1, -0.05) is 6.08 Å². The van der Waals surface area contributed by atoms with Gasteiger partial charge in [0, 0.05) is 49.5 Å². The van der Waals surface area contributed by atoms with Crippen LogP contribution in [-0.2, 0) is 17.2 Å². The molecule has 4 aliphatic rings. The van der Waals surface area contributed by atoms with Gasteiger partial charge in [-0.25, -0.2) is 4.98 Å². The largest absolute Gasteiger partial charge is 0.394 e. The minimum Gasteiger partial charge on any atom is -0.394 e. The first-order valence-corrected chi connectivity index (χ1v) is 11.2. The molecule has 144 valence electrons. The summed E-state index contributed by atoms with van der Waals surface area (Å²) in [5, 5.41) is 13.1.